The topological polar surface area (TPSA) is 84.7 Å². The number of nitro benzene ring substituents is 1. The van der Waals surface area contributed by atoms with E-state index in [0.717, 1.165) is 5.56 Å². The van der Waals surface area contributed by atoms with Crippen molar-refractivity contribution in [3.05, 3.63) is 39.7 Å². The average Bonchev–Trinajstić information content (AvgIpc) is 2.64. The Hall–Kier alpha value is -2.24. The van der Waals surface area contributed by atoms with E-state index in [-0.39, 0.29) is 5.69 Å². The SMILES string of the molecule is Cc1ccc([N+](=O)[O-])c(-c2n[nH]c(C)n2)c1. The van der Waals surface area contributed by atoms with Gasteiger partial charge in [0, 0.05) is 6.07 Å². The second-order valence-electron chi connectivity index (χ2n) is 3.52. The summed E-state index contributed by atoms with van der Waals surface area (Å²) >= 11 is 0. The van der Waals surface area contributed by atoms with Crippen molar-refractivity contribution in [3.63, 3.8) is 0 Å². The summed E-state index contributed by atoms with van der Waals surface area (Å²) < 4.78 is 0. The largest absolute Gasteiger partial charge is 0.280 e. The molecule has 6 heteroatoms. The minimum absolute atomic E-state index is 0.0181. The van der Waals surface area contributed by atoms with Crippen LogP contribution in [0.1, 0.15) is 11.4 Å². The molecule has 0 saturated carbocycles. The molecule has 0 aliphatic carbocycles. The molecule has 6 nitrogen and oxygen atoms in total. The molecule has 2 rings (SSSR count). The molecule has 2 aromatic rings. The van der Waals surface area contributed by atoms with E-state index in [0.29, 0.717) is 17.2 Å². The molecule has 1 aromatic carbocycles. The Bertz CT molecular complexity index is 548. The molecule has 0 bridgehead atoms. The fourth-order valence-corrected chi connectivity index (χ4v) is 1.45. The molecule has 1 aromatic heterocycles. The van der Waals surface area contributed by atoms with Crippen LogP contribution >= 0.6 is 0 Å². The fraction of sp³-hybridized carbons (Fsp3) is 0.200. The van der Waals surface area contributed by atoms with Crippen molar-refractivity contribution in [1.82, 2.24) is 15.2 Å². The number of hydrogen-bond acceptors (Lipinski definition) is 4. The van der Waals surface area contributed by atoms with Crippen LogP contribution in [-0.2, 0) is 0 Å². The van der Waals surface area contributed by atoms with Crippen molar-refractivity contribution < 1.29 is 4.92 Å². The van der Waals surface area contributed by atoms with Gasteiger partial charge in [0.15, 0.2) is 5.82 Å². The Kier molecular flexibility index (Phi) is 2.40. The second kappa shape index (κ2) is 3.73. The van der Waals surface area contributed by atoms with Gasteiger partial charge in [0.05, 0.1) is 10.5 Å². The smallest absolute Gasteiger partial charge is 0.263 e. The molecule has 0 amide bonds. The summed E-state index contributed by atoms with van der Waals surface area (Å²) in [5.74, 6) is 0.985. The first-order valence-corrected chi connectivity index (χ1v) is 4.72. The van der Waals surface area contributed by atoms with Crippen LogP contribution in [-0.4, -0.2) is 20.1 Å². The molecule has 0 unspecified atom stereocenters. The molecular formula is C10H10N4O2. The molecule has 1 N–H and O–H groups in total. The zero-order chi connectivity index (χ0) is 11.7. The van der Waals surface area contributed by atoms with Crippen LogP contribution in [0.3, 0.4) is 0 Å². The number of aryl methyl sites for hydroxylation is 2. The van der Waals surface area contributed by atoms with Gasteiger partial charge in [0.1, 0.15) is 5.82 Å². The number of H-pyrrole nitrogens is 1. The molecule has 0 aliphatic rings. The van der Waals surface area contributed by atoms with E-state index in [1.54, 1.807) is 19.1 Å². The molecule has 16 heavy (non-hydrogen) atoms. The zero-order valence-corrected chi connectivity index (χ0v) is 8.89. The van der Waals surface area contributed by atoms with Crippen molar-refractivity contribution in [2.75, 3.05) is 0 Å². The third kappa shape index (κ3) is 1.77. The summed E-state index contributed by atoms with van der Waals surface area (Å²) in [6, 6.07) is 4.87. The first-order chi connectivity index (χ1) is 7.58. The summed E-state index contributed by atoms with van der Waals surface area (Å²) in [6.45, 7) is 3.62. The van der Waals surface area contributed by atoms with Gasteiger partial charge in [-0.05, 0) is 25.5 Å². The molecule has 82 valence electrons. The van der Waals surface area contributed by atoms with Gasteiger partial charge in [-0.25, -0.2) is 4.98 Å². The average molecular weight is 218 g/mol. The van der Waals surface area contributed by atoms with Crippen molar-refractivity contribution in [2.24, 2.45) is 0 Å². The monoisotopic (exact) mass is 218 g/mol. The van der Waals surface area contributed by atoms with E-state index in [9.17, 15) is 10.1 Å². The number of nitro groups is 1. The number of aromatic amines is 1. The van der Waals surface area contributed by atoms with Crippen LogP contribution < -0.4 is 0 Å². The lowest BCUT2D eigenvalue weighted by molar-refractivity contribution is -0.384. The molecular weight excluding hydrogens is 208 g/mol. The zero-order valence-electron chi connectivity index (χ0n) is 8.89. The van der Waals surface area contributed by atoms with Gasteiger partial charge < -0.3 is 0 Å². The summed E-state index contributed by atoms with van der Waals surface area (Å²) in [4.78, 5) is 14.5. The number of benzene rings is 1. The molecule has 0 radical (unpaired) electrons. The minimum Gasteiger partial charge on any atom is -0.263 e. The Morgan fingerprint density at radius 3 is 2.69 bits per heavy atom. The summed E-state index contributed by atoms with van der Waals surface area (Å²) in [5, 5.41) is 17.5. The number of nitrogens with one attached hydrogen (secondary N) is 1. The van der Waals surface area contributed by atoms with Crippen LogP contribution in [0, 0.1) is 24.0 Å². The fourth-order valence-electron chi connectivity index (χ4n) is 1.45. The number of nitrogens with zero attached hydrogens (tertiary/aromatic N) is 3. The van der Waals surface area contributed by atoms with Crippen LogP contribution in [0.25, 0.3) is 11.4 Å². The quantitative estimate of drug-likeness (QED) is 0.617. The summed E-state index contributed by atoms with van der Waals surface area (Å²) in [6.07, 6.45) is 0. The van der Waals surface area contributed by atoms with E-state index >= 15 is 0 Å². The normalized spacial score (nSPS) is 10.4. The molecule has 0 spiro atoms. The first kappa shape index (κ1) is 10.3. The Morgan fingerprint density at radius 1 is 1.38 bits per heavy atom. The summed E-state index contributed by atoms with van der Waals surface area (Å²) in [7, 11) is 0. The first-order valence-electron chi connectivity index (χ1n) is 4.72. The van der Waals surface area contributed by atoms with Gasteiger partial charge in [-0.1, -0.05) is 6.07 Å². The second-order valence-corrected chi connectivity index (χ2v) is 3.52. The van der Waals surface area contributed by atoms with Crippen LogP contribution in [0.2, 0.25) is 0 Å². The lowest BCUT2D eigenvalue weighted by atomic mass is 10.1. The van der Waals surface area contributed by atoms with Gasteiger partial charge in [-0.3, -0.25) is 15.2 Å². The van der Waals surface area contributed by atoms with Crippen molar-refractivity contribution in [3.8, 4) is 11.4 Å². The molecule has 0 aliphatic heterocycles. The van der Waals surface area contributed by atoms with Gasteiger partial charge in [0.25, 0.3) is 5.69 Å². The highest BCUT2D eigenvalue weighted by Gasteiger charge is 2.18. The predicted molar refractivity (Wildman–Crippen MR) is 57.9 cm³/mol. The van der Waals surface area contributed by atoms with E-state index in [4.69, 9.17) is 0 Å². The maximum atomic E-state index is 10.9. The highest BCUT2D eigenvalue weighted by Crippen LogP contribution is 2.27. The van der Waals surface area contributed by atoms with Gasteiger partial charge in [0.2, 0.25) is 0 Å². The molecule has 0 fully saturated rings. The number of hydrogen-bond donors (Lipinski definition) is 1. The van der Waals surface area contributed by atoms with Crippen molar-refractivity contribution >= 4 is 5.69 Å². The lowest BCUT2D eigenvalue weighted by Crippen LogP contribution is -1.93. The van der Waals surface area contributed by atoms with Crippen LogP contribution in [0.15, 0.2) is 18.2 Å². The Morgan fingerprint density at radius 2 is 2.12 bits per heavy atom. The van der Waals surface area contributed by atoms with Crippen molar-refractivity contribution in [1.29, 1.82) is 0 Å². The van der Waals surface area contributed by atoms with Gasteiger partial charge in [-0.2, -0.15) is 5.10 Å². The highest BCUT2D eigenvalue weighted by molar-refractivity contribution is 5.68. The number of aromatic nitrogens is 3. The van der Waals surface area contributed by atoms with E-state index in [1.165, 1.54) is 6.07 Å². The standard InChI is InChI=1S/C10H10N4O2/c1-6-3-4-9(14(15)16)8(5-6)10-11-7(2)12-13-10/h3-5H,1-2H3,(H,11,12,13). The Labute approximate surface area is 91.5 Å². The van der Waals surface area contributed by atoms with E-state index in [1.807, 2.05) is 6.92 Å². The summed E-state index contributed by atoms with van der Waals surface area (Å²) in [5.41, 5.74) is 1.39. The third-order valence-electron chi connectivity index (χ3n) is 2.19. The van der Waals surface area contributed by atoms with Crippen molar-refractivity contribution in [2.45, 2.75) is 13.8 Å². The minimum atomic E-state index is -0.430. The van der Waals surface area contributed by atoms with E-state index < -0.39 is 4.92 Å². The molecule has 1 heterocycles. The van der Waals surface area contributed by atoms with Crippen LogP contribution in [0.4, 0.5) is 5.69 Å². The maximum Gasteiger partial charge on any atom is 0.280 e. The molecule has 0 saturated heterocycles. The van der Waals surface area contributed by atoms with E-state index in [2.05, 4.69) is 15.2 Å². The highest BCUT2D eigenvalue weighted by atomic mass is 16.6. The van der Waals surface area contributed by atoms with Gasteiger partial charge in [-0.15, -0.1) is 0 Å². The van der Waals surface area contributed by atoms with Gasteiger partial charge >= 0.3 is 0 Å². The molecule has 0 atom stereocenters. The third-order valence-corrected chi connectivity index (χ3v) is 2.19. The Balaban J connectivity index is 2.62. The van der Waals surface area contributed by atoms with Crippen LogP contribution in [0.5, 0.6) is 0 Å². The lowest BCUT2D eigenvalue weighted by Gasteiger charge is -1.99. The number of rotatable bonds is 2. The predicted octanol–water partition coefficient (Wildman–Crippen LogP) is 2.00. The maximum absolute atomic E-state index is 10.9.